The fourth-order valence-electron chi connectivity index (χ4n) is 2.96. The van der Waals surface area contributed by atoms with Crippen molar-refractivity contribution >= 4 is 5.91 Å². The highest BCUT2D eigenvalue weighted by atomic mass is 16.3. The molecule has 2 aromatic rings. The third-order valence-electron chi connectivity index (χ3n) is 4.29. The van der Waals surface area contributed by atoms with Gasteiger partial charge in [-0.25, -0.2) is 0 Å². The Morgan fingerprint density at radius 3 is 2.86 bits per heavy atom. The minimum absolute atomic E-state index is 0.131. The van der Waals surface area contributed by atoms with E-state index in [1.54, 1.807) is 19.2 Å². The number of hydrogen-bond donors (Lipinski definition) is 2. The van der Waals surface area contributed by atoms with Gasteiger partial charge in [0.2, 0.25) is 0 Å². The van der Waals surface area contributed by atoms with E-state index in [0.717, 1.165) is 17.5 Å². The van der Waals surface area contributed by atoms with Gasteiger partial charge in [0, 0.05) is 13.1 Å². The second-order valence-electron chi connectivity index (χ2n) is 5.68. The van der Waals surface area contributed by atoms with Crippen LogP contribution in [0.5, 0.6) is 0 Å². The summed E-state index contributed by atoms with van der Waals surface area (Å²) in [6.07, 6.45) is 1.38. The van der Waals surface area contributed by atoms with Gasteiger partial charge in [0.15, 0.2) is 0 Å². The average molecular weight is 298 g/mol. The molecule has 0 fully saturated rings. The molecule has 5 heteroatoms. The first kappa shape index (κ1) is 14.5. The van der Waals surface area contributed by atoms with Gasteiger partial charge in [0.25, 0.3) is 11.5 Å². The summed E-state index contributed by atoms with van der Waals surface area (Å²) >= 11 is 0. The molecule has 5 nitrogen and oxygen atoms in total. The molecule has 1 atom stereocenters. The zero-order valence-electron chi connectivity index (χ0n) is 12.4. The monoisotopic (exact) mass is 298 g/mol. The predicted molar refractivity (Wildman–Crippen MR) is 82.7 cm³/mol. The van der Waals surface area contributed by atoms with Crippen molar-refractivity contribution in [3.8, 4) is 0 Å². The zero-order chi connectivity index (χ0) is 15.7. The molecule has 22 heavy (non-hydrogen) atoms. The molecule has 1 aromatic carbocycles. The molecule has 1 heterocycles. The van der Waals surface area contributed by atoms with Crippen LogP contribution >= 0.6 is 0 Å². The van der Waals surface area contributed by atoms with E-state index in [1.807, 2.05) is 24.3 Å². The Morgan fingerprint density at radius 1 is 1.27 bits per heavy atom. The molecule has 1 amide bonds. The number of hydrogen-bond acceptors (Lipinski definition) is 3. The maximum absolute atomic E-state index is 12.2. The molecule has 0 aliphatic heterocycles. The number of pyridine rings is 1. The van der Waals surface area contributed by atoms with Crippen molar-refractivity contribution in [2.75, 3.05) is 6.54 Å². The summed E-state index contributed by atoms with van der Waals surface area (Å²) in [4.78, 5) is 23.8. The Labute approximate surface area is 128 Å². The Hall–Kier alpha value is -2.40. The Bertz CT molecular complexity index is 781. The second-order valence-corrected chi connectivity index (χ2v) is 5.68. The highest BCUT2D eigenvalue weighted by Crippen LogP contribution is 2.36. The lowest BCUT2D eigenvalue weighted by Gasteiger charge is -2.24. The van der Waals surface area contributed by atoms with Gasteiger partial charge < -0.3 is 15.0 Å². The van der Waals surface area contributed by atoms with E-state index < -0.39 is 5.60 Å². The van der Waals surface area contributed by atoms with E-state index in [-0.39, 0.29) is 23.7 Å². The molecule has 0 saturated carbocycles. The predicted octanol–water partition coefficient (Wildman–Crippen LogP) is 0.949. The molecule has 3 rings (SSSR count). The lowest BCUT2D eigenvalue weighted by molar-refractivity contribution is 0.0368. The van der Waals surface area contributed by atoms with Crippen LogP contribution in [0.25, 0.3) is 0 Å². The standard InChI is InChI=1S/C17H18N2O3/c1-19-14(7-4-8-15(19)20)16(21)18-11-17(22)10-9-12-5-2-3-6-13(12)17/h2-8,22H,9-11H2,1H3,(H,18,21). The van der Waals surface area contributed by atoms with Crippen LogP contribution in [0.4, 0.5) is 0 Å². The highest BCUT2D eigenvalue weighted by molar-refractivity contribution is 5.92. The van der Waals surface area contributed by atoms with Crippen LogP contribution in [0.3, 0.4) is 0 Å². The number of fused-ring (bicyclic) bond motifs is 1. The topological polar surface area (TPSA) is 71.3 Å². The number of carbonyl (C=O) groups excluding carboxylic acids is 1. The first-order valence-electron chi connectivity index (χ1n) is 7.26. The van der Waals surface area contributed by atoms with Crippen LogP contribution in [-0.4, -0.2) is 22.1 Å². The molecule has 0 bridgehead atoms. The fourth-order valence-corrected chi connectivity index (χ4v) is 2.96. The largest absolute Gasteiger partial charge is 0.383 e. The number of aliphatic hydroxyl groups is 1. The summed E-state index contributed by atoms with van der Waals surface area (Å²) in [5.74, 6) is -0.363. The summed E-state index contributed by atoms with van der Waals surface area (Å²) in [5, 5.41) is 13.5. The Kier molecular flexibility index (Phi) is 3.58. The van der Waals surface area contributed by atoms with Crippen LogP contribution < -0.4 is 10.9 Å². The molecule has 0 saturated heterocycles. The van der Waals surface area contributed by atoms with Gasteiger partial charge in [-0.2, -0.15) is 0 Å². The molecule has 0 spiro atoms. The molecule has 2 N–H and O–H groups in total. The van der Waals surface area contributed by atoms with Crippen LogP contribution in [0.1, 0.15) is 28.0 Å². The molecule has 0 radical (unpaired) electrons. The molecule has 1 aromatic heterocycles. The summed E-state index contributed by atoms with van der Waals surface area (Å²) in [7, 11) is 1.55. The average Bonchev–Trinajstić information content (AvgIpc) is 2.86. The van der Waals surface area contributed by atoms with Gasteiger partial charge in [0.1, 0.15) is 11.3 Å². The SMILES string of the molecule is Cn1c(C(=O)NCC2(O)CCc3ccccc32)cccc1=O. The van der Waals surface area contributed by atoms with E-state index in [0.29, 0.717) is 6.42 Å². The first-order chi connectivity index (χ1) is 10.5. The van der Waals surface area contributed by atoms with Crippen LogP contribution in [0.2, 0.25) is 0 Å². The minimum atomic E-state index is -1.04. The van der Waals surface area contributed by atoms with E-state index in [2.05, 4.69) is 5.32 Å². The van der Waals surface area contributed by atoms with Crippen molar-refractivity contribution in [2.24, 2.45) is 7.05 Å². The van der Waals surface area contributed by atoms with Gasteiger partial charge in [-0.1, -0.05) is 30.3 Å². The van der Waals surface area contributed by atoms with E-state index >= 15 is 0 Å². The number of nitrogens with zero attached hydrogens (tertiary/aromatic N) is 1. The number of amides is 1. The van der Waals surface area contributed by atoms with Crippen LogP contribution in [0, 0.1) is 0 Å². The van der Waals surface area contributed by atoms with Gasteiger partial charge in [-0.05, 0) is 30.0 Å². The summed E-state index contributed by atoms with van der Waals surface area (Å²) in [6, 6.07) is 12.3. The maximum atomic E-state index is 12.2. The van der Waals surface area contributed by atoms with Gasteiger partial charge in [-0.15, -0.1) is 0 Å². The van der Waals surface area contributed by atoms with Crippen molar-refractivity contribution in [3.05, 3.63) is 69.6 Å². The van der Waals surface area contributed by atoms with Crippen LogP contribution in [0.15, 0.2) is 47.3 Å². The van der Waals surface area contributed by atoms with Crippen molar-refractivity contribution in [1.29, 1.82) is 0 Å². The normalized spacial score (nSPS) is 19.7. The van der Waals surface area contributed by atoms with Crippen molar-refractivity contribution in [3.63, 3.8) is 0 Å². The fraction of sp³-hybridized carbons (Fsp3) is 0.294. The lowest BCUT2D eigenvalue weighted by atomic mass is 9.96. The first-order valence-corrected chi connectivity index (χ1v) is 7.26. The van der Waals surface area contributed by atoms with Crippen molar-refractivity contribution in [2.45, 2.75) is 18.4 Å². The second kappa shape index (κ2) is 5.42. The van der Waals surface area contributed by atoms with E-state index in [1.165, 1.54) is 10.6 Å². The van der Waals surface area contributed by atoms with Gasteiger partial charge in [-0.3, -0.25) is 9.59 Å². The molecule has 1 aliphatic rings. The quantitative estimate of drug-likeness (QED) is 0.886. The highest BCUT2D eigenvalue weighted by Gasteiger charge is 2.36. The number of rotatable bonds is 3. The van der Waals surface area contributed by atoms with Crippen molar-refractivity contribution < 1.29 is 9.90 Å². The molecule has 1 unspecified atom stereocenters. The number of carbonyl (C=O) groups is 1. The number of nitrogens with one attached hydrogen (secondary N) is 1. The van der Waals surface area contributed by atoms with E-state index in [4.69, 9.17) is 0 Å². The third kappa shape index (κ3) is 2.44. The molecular formula is C17H18N2O3. The van der Waals surface area contributed by atoms with Gasteiger partial charge >= 0.3 is 0 Å². The summed E-state index contributed by atoms with van der Waals surface area (Å²) < 4.78 is 1.29. The molecule has 1 aliphatic carbocycles. The Morgan fingerprint density at radius 2 is 2.05 bits per heavy atom. The Balaban J connectivity index is 1.77. The number of aromatic nitrogens is 1. The number of benzene rings is 1. The van der Waals surface area contributed by atoms with E-state index in [9.17, 15) is 14.7 Å². The number of aryl methyl sites for hydroxylation is 1. The van der Waals surface area contributed by atoms with Crippen LogP contribution in [-0.2, 0) is 19.1 Å². The van der Waals surface area contributed by atoms with Crippen molar-refractivity contribution in [1.82, 2.24) is 9.88 Å². The lowest BCUT2D eigenvalue weighted by Crippen LogP contribution is -2.40. The minimum Gasteiger partial charge on any atom is -0.383 e. The zero-order valence-corrected chi connectivity index (χ0v) is 12.4. The van der Waals surface area contributed by atoms with Gasteiger partial charge in [0.05, 0.1) is 6.54 Å². The maximum Gasteiger partial charge on any atom is 0.268 e. The summed E-state index contributed by atoms with van der Waals surface area (Å²) in [5.41, 5.74) is 0.989. The third-order valence-corrected chi connectivity index (χ3v) is 4.29. The molecule has 114 valence electrons. The smallest absolute Gasteiger partial charge is 0.268 e. The summed E-state index contributed by atoms with van der Waals surface area (Å²) in [6.45, 7) is 0.131. The molecular weight excluding hydrogens is 280 g/mol.